The Balaban J connectivity index is 1.86. The number of H-pyrrole nitrogens is 1. The van der Waals surface area contributed by atoms with Crippen molar-refractivity contribution in [1.82, 2.24) is 15.3 Å². The average molecular weight is 380 g/mol. The average Bonchev–Trinajstić information content (AvgIpc) is 3.00. The van der Waals surface area contributed by atoms with E-state index in [-0.39, 0.29) is 17.4 Å². The lowest BCUT2D eigenvalue weighted by Crippen LogP contribution is -2.48. The second-order valence-corrected chi connectivity index (χ2v) is 6.90. The molecule has 3 aromatic rings. The van der Waals surface area contributed by atoms with Crippen LogP contribution in [-0.4, -0.2) is 21.8 Å². The van der Waals surface area contributed by atoms with Crippen molar-refractivity contribution in [2.24, 2.45) is 4.99 Å². The third-order valence-electron chi connectivity index (χ3n) is 4.99. The van der Waals surface area contributed by atoms with Gasteiger partial charge in [0.05, 0.1) is 11.7 Å². The van der Waals surface area contributed by atoms with Crippen LogP contribution in [-0.2, 0) is 5.54 Å². The summed E-state index contributed by atoms with van der Waals surface area (Å²) in [4.78, 5) is 23.2. The van der Waals surface area contributed by atoms with Crippen molar-refractivity contribution < 1.29 is 8.78 Å². The van der Waals surface area contributed by atoms with Crippen molar-refractivity contribution in [2.75, 3.05) is 0 Å². The normalized spacial score (nSPS) is 21.3. The predicted molar refractivity (Wildman–Crippen MR) is 102 cm³/mol. The second kappa shape index (κ2) is 6.67. The highest BCUT2D eigenvalue weighted by Crippen LogP contribution is 2.38. The van der Waals surface area contributed by atoms with Gasteiger partial charge < -0.3 is 10.3 Å². The molecule has 2 atom stereocenters. The molecule has 5 nitrogen and oxygen atoms in total. The Bertz CT molecular complexity index is 1060. The summed E-state index contributed by atoms with van der Waals surface area (Å²) in [7, 11) is 0. The van der Waals surface area contributed by atoms with E-state index in [1.165, 1.54) is 30.5 Å². The summed E-state index contributed by atoms with van der Waals surface area (Å²) < 4.78 is 27.0. The minimum absolute atomic E-state index is 0.227. The minimum atomic E-state index is -0.885. The van der Waals surface area contributed by atoms with Crippen molar-refractivity contribution in [3.8, 4) is 0 Å². The second-order valence-electron chi connectivity index (χ2n) is 6.90. The number of aromatic nitrogens is 2. The van der Waals surface area contributed by atoms with Crippen LogP contribution in [0.3, 0.4) is 0 Å². The molecule has 2 N–H and O–H groups in total. The van der Waals surface area contributed by atoms with Crippen molar-refractivity contribution >= 4 is 5.84 Å². The molecular formula is C21H18F2N4O. The van der Waals surface area contributed by atoms with Gasteiger partial charge in [-0.15, -0.1) is 0 Å². The fraction of sp³-hybridized carbons (Fsp3) is 0.190. The standard InChI is InChI=1S/C21H18F2N4O/c1-12-9-17(26-19(28)10-12)20-25-13(2)21(27-20,14-3-6-16(22)7-4-14)15-5-8-18(23)24-11-15/h3-11,13H,1-2H3,(H,25,27)(H,26,28)/t13-,21-/m0/s1. The van der Waals surface area contributed by atoms with E-state index in [1.807, 2.05) is 19.9 Å². The molecule has 1 aromatic carbocycles. The van der Waals surface area contributed by atoms with Crippen molar-refractivity contribution in [2.45, 2.75) is 25.4 Å². The molecule has 0 spiro atoms. The number of halogens is 2. The Morgan fingerprint density at radius 2 is 1.75 bits per heavy atom. The number of hydrogen-bond acceptors (Lipinski definition) is 4. The van der Waals surface area contributed by atoms with Crippen LogP contribution in [0, 0.1) is 18.7 Å². The first-order valence-corrected chi connectivity index (χ1v) is 8.84. The molecule has 4 rings (SSSR count). The Hall–Kier alpha value is -3.35. The van der Waals surface area contributed by atoms with E-state index in [4.69, 9.17) is 4.99 Å². The van der Waals surface area contributed by atoms with E-state index in [0.717, 1.165) is 11.1 Å². The maximum absolute atomic E-state index is 13.5. The van der Waals surface area contributed by atoms with E-state index in [0.29, 0.717) is 17.1 Å². The Morgan fingerprint density at radius 3 is 2.39 bits per heavy atom. The lowest BCUT2D eigenvalue weighted by atomic mass is 9.79. The van der Waals surface area contributed by atoms with Gasteiger partial charge in [0.1, 0.15) is 17.2 Å². The number of pyridine rings is 2. The number of hydrogen-bond donors (Lipinski definition) is 2. The number of aliphatic imine (C=N–C) groups is 1. The van der Waals surface area contributed by atoms with Gasteiger partial charge in [-0.1, -0.05) is 18.2 Å². The minimum Gasteiger partial charge on any atom is -0.353 e. The number of amidine groups is 1. The number of rotatable bonds is 3. The first kappa shape index (κ1) is 18.0. The summed E-state index contributed by atoms with van der Waals surface area (Å²) >= 11 is 0. The van der Waals surface area contributed by atoms with Crippen LogP contribution < -0.4 is 10.9 Å². The van der Waals surface area contributed by atoms with Gasteiger partial charge in [0.25, 0.3) is 0 Å². The fourth-order valence-corrected chi connectivity index (χ4v) is 3.67. The fourth-order valence-electron chi connectivity index (χ4n) is 3.67. The molecule has 0 aliphatic carbocycles. The van der Waals surface area contributed by atoms with Crippen molar-refractivity contribution in [3.63, 3.8) is 0 Å². The summed E-state index contributed by atoms with van der Waals surface area (Å²) in [6.45, 7) is 3.73. The summed E-state index contributed by atoms with van der Waals surface area (Å²) in [5.41, 5.74) is 1.68. The van der Waals surface area contributed by atoms with Gasteiger partial charge in [-0.25, -0.2) is 9.37 Å². The smallest absolute Gasteiger partial charge is 0.248 e. The van der Waals surface area contributed by atoms with Crippen molar-refractivity contribution in [1.29, 1.82) is 0 Å². The first-order valence-electron chi connectivity index (χ1n) is 8.84. The van der Waals surface area contributed by atoms with Crippen LogP contribution in [0.4, 0.5) is 8.78 Å². The lowest BCUT2D eigenvalue weighted by molar-refractivity contribution is 0.430. The molecule has 142 valence electrons. The number of aromatic amines is 1. The lowest BCUT2D eigenvalue weighted by Gasteiger charge is -2.34. The molecule has 7 heteroatoms. The topological polar surface area (TPSA) is 70.1 Å². The van der Waals surface area contributed by atoms with E-state index in [1.54, 1.807) is 18.2 Å². The monoisotopic (exact) mass is 380 g/mol. The highest BCUT2D eigenvalue weighted by Gasteiger charge is 2.45. The molecule has 1 aliphatic rings. The highest BCUT2D eigenvalue weighted by atomic mass is 19.1. The van der Waals surface area contributed by atoms with Crippen LogP contribution in [0.5, 0.6) is 0 Å². The van der Waals surface area contributed by atoms with Gasteiger partial charge in [-0.05, 0) is 49.2 Å². The summed E-state index contributed by atoms with van der Waals surface area (Å²) in [5.74, 6) is -0.444. The maximum Gasteiger partial charge on any atom is 0.248 e. The molecule has 2 aromatic heterocycles. The molecule has 0 radical (unpaired) electrons. The van der Waals surface area contributed by atoms with Gasteiger partial charge in [-0.3, -0.25) is 9.79 Å². The van der Waals surface area contributed by atoms with Gasteiger partial charge in [0.2, 0.25) is 11.5 Å². The third-order valence-corrected chi connectivity index (χ3v) is 4.99. The van der Waals surface area contributed by atoms with Crippen LogP contribution in [0.1, 0.15) is 29.3 Å². The largest absolute Gasteiger partial charge is 0.353 e. The highest BCUT2D eigenvalue weighted by molar-refractivity contribution is 5.99. The Morgan fingerprint density at radius 1 is 1.04 bits per heavy atom. The molecular weight excluding hydrogens is 362 g/mol. The van der Waals surface area contributed by atoms with Crippen LogP contribution in [0.2, 0.25) is 0 Å². The number of benzene rings is 1. The Labute approximate surface area is 160 Å². The zero-order chi connectivity index (χ0) is 19.9. The first-order chi connectivity index (χ1) is 13.4. The SMILES string of the molecule is Cc1cc(C2=N[C@@H](C)[C@](c3ccc(F)cc3)(c3ccc(F)nc3)N2)[nH]c(=O)c1. The van der Waals surface area contributed by atoms with E-state index in [2.05, 4.69) is 15.3 Å². The van der Waals surface area contributed by atoms with Gasteiger partial charge in [0, 0.05) is 17.8 Å². The van der Waals surface area contributed by atoms with Crippen LogP contribution >= 0.6 is 0 Å². The summed E-state index contributed by atoms with van der Waals surface area (Å²) in [6, 6.07) is 12.0. The van der Waals surface area contributed by atoms with Crippen molar-refractivity contribution in [3.05, 3.63) is 99.2 Å². The summed E-state index contributed by atoms with van der Waals surface area (Å²) in [6.07, 6.45) is 1.44. The molecule has 28 heavy (non-hydrogen) atoms. The molecule has 0 saturated carbocycles. The van der Waals surface area contributed by atoms with E-state index < -0.39 is 11.5 Å². The van der Waals surface area contributed by atoms with E-state index >= 15 is 0 Å². The van der Waals surface area contributed by atoms with Crippen LogP contribution in [0.25, 0.3) is 0 Å². The van der Waals surface area contributed by atoms with E-state index in [9.17, 15) is 13.6 Å². The molecule has 0 unspecified atom stereocenters. The zero-order valence-corrected chi connectivity index (χ0v) is 15.3. The maximum atomic E-state index is 13.5. The Kier molecular flexibility index (Phi) is 4.30. The zero-order valence-electron chi connectivity index (χ0n) is 15.3. The third kappa shape index (κ3) is 2.98. The molecule has 1 aliphatic heterocycles. The van der Waals surface area contributed by atoms with Gasteiger partial charge in [-0.2, -0.15) is 4.39 Å². The van der Waals surface area contributed by atoms with Crippen LogP contribution in [0.15, 0.2) is 64.5 Å². The molecule has 0 fully saturated rings. The molecule has 0 amide bonds. The predicted octanol–water partition coefficient (Wildman–Crippen LogP) is 3.04. The molecule has 0 saturated heterocycles. The number of aryl methyl sites for hydroxylation is 1. The number of nitrogens with zero attached hydrogens (tertiary/aromatic N) is 2. The quantitative estimate of drug-likeness (QED) is 0.686. The molecule has 3 heterocycles. The number of nitrogens with one attached hydrogen (secondary N) is 2. The summed E-state index contributed by atoms with van der Waals surface area (Å²) in [5, 5.41) is 3.39. The van der Waals surface area contributed by atoms with Gasteiger partial charge in [0.15, 0.2) is 0 Å². The van der Waals surface area contributed by atoms with Gasteiger partial charge >= 0.3 is 0 Å². The molecule has 0 bridgehead atoms.